The molecular weight excluding hydrogens is 254 g/mol. The van der Waals surface area contributed by atoms with E-state index in [1.807, 2.05) is 11.8 Å². The zero-order valence-electron chi connectivity index (χ0n) is 13.1. The first-order valence-corrected chi connectivity index (χ1v) is 8.14. The Morgan fingerprint density at radius 2 is 1.84 bits per heavy atom. The standard InChI is InChI=1S/C15H27N3S/c1-7-9-10-19-13-11(3)12(16-8-2)17-14(18-13)15(4,5)6/h7-10H2,1-6H3,(H,16,17,18). The Kier molecular flexibility index (Phi) is 6.11. The van der Waals surface area contributed by atoms with Crippen molar-refractivity contribution in [1.82, 2.24) is 9.97 Å². The fourth-order valence-electron chi connectivity index (χ4n) is 1.62. The van der Waals surface area contributed by atoms with Crippen LogP contribution < -0.4 is 5.32 Å². The van der Waals surface area contributed by atoms with E-state index >= 15 is 0 Å². The van der Waals surface area contributed by atoms with Gasteiger partial charge in [-0.05, 0) is 26.0 Å². The summed E-state index contributed by atoms with van der Waals surface area (Å²) in [6, 6.07) is 0. The molecule has 19 heavy (non-hydrogen) atoms. The van der Waals surface area contributed by atoms with E-state index in [2.05, 4.69) is 51.8 Å². The highest BCUT2D eigenvalue weighted by molar-refractivity contribution is 7.99. The van der Waals surface area contributed by atoms with Crippen LogP contribution >= 0.6 is 11.8 Å². The number of nitrogens with one attached hydrogen (secondary N) is 1. The highest BCUT2D eigenvalue weighted by Crippen LogP contribution is 2.29. The van der Waals surface area contributed by atoms with Crippen LogP contribution in [0, 0.1) is 6.92 Å². The summed E-state index contributed by atoms with van der Waals surface area (Å²) >= 11 is 1.85. The molecule has 0 radical (unpaired) electrons. The van der Waals surface area contributed by atoms with Gasteiger partial charge in [0.2, 0.25) is 0 Å². The van der Waals surface area contributed by atoms with E-state index in [9.17, 15) is 0 Å². The molecule has 3 nitrogen and oxygen atoms in total. The Morgan fingerprint density at radius 3 is 2.37 bits per heavy atom. The van der Waals surface area contributed by atoms with Crippen LogP contribution in [-0.4, -0.2) is 22.3 Å². The summed E-state index contributed by atoms with van der Waals surface area (Å²) in [5.41, 5.74) is 1.16. The second-order valence-electron chi connectivity index (χ2n) is 5.81. The summed E-state index contributed by atoms with van der Waals surface area (Å²) in [4.78, 5) is 9.46. The van der Waals surface area contributed by atoms with Crippen molar-refractivity contribution in [2.24, 2.45) is 0 Å². The average molecular weight is 281 g/mol. The molecule has 0 saturated carbocycles. The maximum atomic E-state index is 4.77. The van der Waals surface area contributed by atoms with E-state index < -0.39 is 0 Å². The van der Waals surface area contributed by atoms with Gasteiger partial charge in [0, 0.05) is 17.5 Å². The minimum Gasteiger partial charge on any atom is -0.370 e. The van der Waals surface area contributed by atoms with Crippen molar-refractivity contribution in [3.05, 3.63) is 11.4 Å². The molecule has 0 fully saturated rings. The third-order valence-corrected chi connectivity index (χ3v) is 4.02. The van der Waals surface area contributed by atoms with Gasteiger partial charge in [0.1, 0.15) is 16.7 Å². The van der Waals surface area contributed by atoms with Gasteiger partial charge in [0.15, 0.2) is 0 Å². The van der Waals surface area contributed by atoms with Gasteiger partial charge < -0.3 is 5.32 Å². The molecule has 0 amide bonds. The van der Waals surface area contributed by atoms with E-state index in [0.717, 1.165) is 29.0 Å². The van der Waals surface area contributed by atoms with E-state index in [4.69, 9.17) is 4.98 Å². The third kappa shape index (κ3) is 4.68. The quantitative estimate of drug-likeness (QED) is 0.476. The molecule has 1 aromatic rings. The van der Waals surface area contributed by atoms with Gasteiger partial charge in [0.05, 0.1) is 0 Å². The van der Waals surface area contributed by atoms with Crippen molar-refractivity contribution in [1.29, 1.82) is 0 Å². The first-order chi connectivity index (χ1) is 8.90. The molecule has 0 aliphatic rings. The number of nitrogens with zero attached hydrogens (tertiary/aromatic N) is 2. The van der Waals surface area contributed by atoms with Gasteiger partial charge in [-0.15, -0.1) is 11.8 Å². The number of rotatable bonds is 6. The van der Waals surface area contributed by atoms with Crippen LogP contribution in [0.4, 0.5) is 5.82 Å². The van der Waals surface area contributed by atoms with E-state index in [1.165, 1.54) is 18.4 Å². The molecule has 0 saturated heterocycles. The molecule has 1 aromatic heterocycles. The van der Waals surface area contributed by atoms with Crippen LogP contribution in [0.3, 0.4) is 0 Å². The SMILES string of the molecule is CCCCSc1nc(C(C)(C)C)nc(NCC)c1C. The van der Waals surface area contributed by atoms with Crippen molar-refractivity contribution in [3.63, 3.8) is 0 Å². The number of hydrogen-bond acceptors (Lipinski definition) is 4. The summed E-state index contributed by atoms with van der Waals surface area (Å²) in [5, 5.41) is 4.48. The first-order valence-electron chi connectivity index (χ1n) is 7.15. The molecule has 108 valence electrons. The minimum absolute atomic E-state index is 0.0159. The lowest BCUT2D eigenvalue weighted by atomic mass is 9.95. The highest BCUT2D eigenvalue weighted by Gasteiger charge is 2.21. The van der Waals surface area contributed by atoms with Crippen molar-refractivity contribution < 1.29 is 0 Å². The zero-order chi connectivity index (χ0) is 14.5. The maximum absolute atomic E-state index is 4.77. The highest BCUT2D eigenvalue weighted by atomic mass is 32.2. The maximum Gasteiger partial charge on any atom is 0.137 e. The normalized spacial score (nSPS) is 11.7. The topological polar surface area (TPSA) is 37.8 Å². The van der Waals surface area contributed by atoms with Crippen LogP contribution in [0.25, 0.3) is 0 Å². The molecule has 1 N–H and O–H groups in total. The lowest BCUT2D eigenvalue weighted by Gasteiger charge is -2.20. The van der Waals surface area contributed by atoms with Crippen LogP contribution in [0.2, 0.25) is 0 Å². The Labute approximate surface area is 122 Å². The monoisotopic (exact) mass is 281 g/mol. The predicted octanol–water partition coefficient (Wildman–Crippen LogP) is 4.41. The molecule has 1 heterocycles. The lowest BCUT2D eigenvalue weighted by Crippen LogP contribution is -2.18. The summed E-state index contributed by atoms with van der Waals surface area (Å²) in [5.74, 6) is 3.04. The number of aromatic nitrogens is 2. The van der Waals surface area contributed by atoms with Gasteiger partial charge in [-0.2, -0.15) is 0 Å². The number of thioether (sulfide) groups is 1. The summed E-state index contributed by atoms with van der Waals surface area (Å²) < 4.78 is 0. The molecule has 0 spiro atoms. The molecule has 0 aromatic carbocycles. The van der Waals surface area contributed by atoms with Gasteiger partial charge >= 0.3 is 0 Å². The molecule has 0 atom stereocenters. The Balaban J connectivity index is 3.09. The number of unbranched alkanes of at least 4 members (excludes halogenated alkanes) is 1. The van der Waals surface area contributed by atoms with Crippen LogP contribution in [-0.2, 0) is 5.41 Å². The molecule has 4 heteroatoms. The minimum atomic E-state index is -0.0159. The third-order valence-electron chi connectivity index (χ3n) is 2.85. The lowest BCUT2D eigenvalue weighted by molar-refractivity contribution is 0.538. The molecule has 0 aliphatic heterocycles. The van der Waals surface area contributed by atoms with Crippen molar-refractivity contribution in [2.75, 3.05) is 17.6 Å². The summed E-state index contributed by atoms with van der Waals surface area (Å²) in [7, 11) is 0. The second-order valence-corrected chi connectivity index (χ2v) is 6.89. The fraction of sp³-hybridized carbons (Fsp3) is 0.733. The van der Waals surface area contributed by atoms with Gasteiger partial charge in [0.25, 0.3) is 0 Å². The van der Waals surface area contributed by atoms with Crippen LogP contribution in [0.1, 0.15) is 58.8 Å². The smallest absolute Gasteiger partial charge is 0.137 e. The largest absolute Gasteiger partial charge is 0.370 e. The Bertz CT molecular complexity index is 411. The molecule has 0 aliphatic carbocycles. The Hall–Kier alpha value is -0.770. The molecule has 0 unspecified atom stereocenters. The van der Waals surface area contributed by atoms with Crippen molar-refractivity contribution in [2.45, 2.75) is 64.8 Å². The number of hydrogen-bond donors (Lipinski definition) is 1. The average Bonchev–Trinajstić information content (AvgIpc) is 2.32. The van der Waals surface area contributed by atoms with Crippen molar-refractivity contribution >= 4 is 17.6 Å². The van der Waals surface area contributed by atoms with E-state index in [-0.39, 0.29) is 5.41 Å². The predicted molar refractivity (Wildman–Crippen MR) is 85.3 cm³/mol. The van der Waals surface area contributed by atoms with Gasteiger partial charge in [-0.1, -0.05) is 34.1 Å². The molecule has 0 bridgehead atoms. The van der Waals surface area contributed by atoms with Gasteiger partial charge in [-0.3, -0.25) is 0 Å². The summed E-state index contributed by atoms with van der Waals surface area (Å²) in [6.45, 7) is 13.8. The van der Waals surface area contributed by atoms with Gasteiger partial charge in [-0.25, -0.2) is 9.97 Å². The van der Waals surface area contributed by atoms with E-state index in [0.29, 0.717) is 0 Å². The molecule has 1 rings (SSSR count). The zero-order valence-corrected chi connectivity index (χ0v) is 13.9. The van der Waals surface area contributed by atoms with Crippen molar-refractivity contribution in [3.8, 4) is 0 Å². The molecular formula is C15H27N3S. The van der Waals surface area contributed by atoms with E-state index in [1.54, 1.807) is 0 Å². The summed E-state index contributed by atoms with van der Waals surface area (Å²) in [6.07, 6.45) is 2.46. The number of anilines is 1. The fourth-order valence-corrected chi connectivity index (χ4v) is 2.72. The van der Waals surface area contributed by atoms with Crippen LogP contribution in [0.15, 0.2) is 5.03 Å². The van der Waals surface area contributed by atoms with Crippen LogP contribution in [0.5, 0.6) is 0 Å². The first kappa shape index (κ1) is 16.3. The Morgan fingerprint density at radius 1 is 1.16 bits per heavy atom. The second kappa shape index (κ2) is 7.13.